The van der Waals surface area contributed by atoms with E-state index < -0.39 is 14.4 Å². The van der Waals surface area contributed by atoms with E-state index in [-0.39, 0.29) is 42.6 Å². The molecule has 49 heavy (non-hydrogen) atoms. The van der Waals surface area contributed by atoms with E-state index in [1.54, 1.807) is 10.5 Å². The Bertz CT molecular complexity index is 1190. The molecule has 1 amide bonds. The van der Waals surface area contributed by atoms with Crippen LogP contribution < -0.4 is 0 Å². The zero-order chi connectivity index (χ0) is 35.3. The van der Waals surface area contributed by atoms with Gasteiger partial charge in [0.05, 0.1) is 19.2 Å². The summed E-state index contributed by atoms with van der Waals surface area (Å²) < 4.78 is 22.0. The predicted octanol–water partition coefficient (Wildman–Crippen LogP) is 8.91. The largest absolute Gasteiger partial charge is 0.695 e. The van der Waals surface area contributed by atoms with Gasteiger partial charge in [0, 0.05) is 30.2 Å². The number of unbranched alkanes of at least 4 members (excludes halogenated alkanes) is 3. The van der Waals surface area contributed by atoms with Crippen LogP contribution >= 0.6 is 8.25 Å². The van der Waals surface area contributed by atoms with Crippen LogP contribution in [0.1, 0.15) is 150 Å². The number of amides is 1. The average Bonchev–Trinajstić information content (AvgIpc) is 3.62. The van der Waals surface area contributed by atoms with Gasteiger partial charge in [-0.3, -0.25) is 9.59 Å². The van der Waals surface area contributed by atoms with E-state index in [4.69, 9.17) is 14.2 Å². The number of ether oxygens (including phenoxy) is 1. The molecule has 0 aromatic carbocycles. The zero-order valence-electron chi connectivity index (χ0n) is 31.2. The summed E-state index contributed by atoms with van der Waals surface area (Å²) in [5, 5.41) is 9.62. The van der Waals surface area contributed by atoms with Crippen LogP contribution in [0, 0.1) is 46.3 Å². The quantitative estimate of drug-likeness (QED) is 0.0714. The second kappa shape index (κ2) is 17.0. The van der Waals surface area contributed by atoms with E-state index in [1.165, 1.54) is 51.4 Å². The zero-order valence-corrected chi connectivity index (χ0v) is 32.1. The number of rotatable bonds is 16. The van der Waals surface area contributed by atoms with Crippen LogP contribution in [0.25, 0.3) is 0 Å². The molecule has 0 bridgehead atoms. The number of hydrogen-bond acceptors (Lipinski definition) is 6. The smallest absolute Gasteiger partial charge is 0.462 e. The normalized spacial score (nSPS) is 36.5. The number of nitrogens with zero attached hydrogens (tertiary/aromatic N) is 1. The van der Waals surface area contributed by atoms with Crippen LogP contribution in [0.15, 0.2) is 11.6 Å². The molecule has 4 fully saturated rings. The summed E-state index contributed by atoms with van der Waals surface area (Å²) >= 11 is 0. The summed E-state index contributed by atoms with van der Waals surface area (Å²) in [5.74, 6) is 4.80. The fourth-order valence-electron chi connectivity index (χ4n) is 11.6. The van der Waals surface area contributed by atoms with E-state index in [0.717, 1.165) is 74.0 Å². The fraction of sp³-hybridized carbons (Fsp3) is 0.900. The van der Waals surface area contributed by atoms with Gasteiger partial charge in [-0.1, -0.05) is 78.4 Å². The monoisotopic (exact) mass is 704 g/mol. The van der Waals surface area contributed by atoms with Crippen molar-refractivity contribution in [3.05, 3.63) is 11.6 Å². The molecule has 4 aliphatic carbocycles. The van der Waals surface area contributed by atoms with Gasteiger partial charge in [0.25, 0.3) is 0 Å². The van der Waals surface area contributed by atoms with Crippen LogP contribution in [0.4, 0.5) is 0 Å². The molecule has 278 valence electrons. The number of carbonyl (C=O) groups excluding carboxylic acids is 2. The van der Waals surface area contributed by atoms with E-state index in [0.29, 0.717) is 31.1 Å². The maximum absolute atomic E-state index is 12.8. The molecule has 2 N–H and O–H groups in total. The molecular weight excluding hydrogens is 637 g/mol. The van der Waals surface area contributed by atoms with E-state index in [1.807, 2.05) is 0 Å². The minimum atomic E-state index is -2.73. The first kappa shape index (κ1) is 38.9. The van der Waals surface area contributed by atoms with Crippen molar-refractivity contribution in [2.24, 2.45) is 46.3 Å². The summed E-state index contributed by atoms with van der Waals surface area (Å²) in [4.78, 5) is 36.1. The van der Waals surface area contributed by atoms with E-state index in [2.05, 4.69) is 40.7 Å². The van der Waals surface area contributed by atoms with Gasteiger partial charge in [-0.05, 0) is 104 Å². The molecule has 1 saturated heterocycles. The minimum absolute atomic E-state index is 0.00545. The van der Waals surface area contributed by atoms with E-state index in [9.17, 15) is 19.3 Å². The van der Waals surface area contributed by atoms with Crippen LogP contribution in [0.5, 0.6) is 0 Å². The van der Waals surface area contributed by atoms with Gasteiger partial charge < -0.3 is 14.7 Å². The highest BCUT2D eigenvalue weighted by atomic mass is 31.1. The molecule has 0 aromatic heterocycles. The lowest BCUT2D eigenvalue weighted by molar-refractivity contribution is -0.151. The number of carbonyl (C=O) groups is 2. The van der Waals surface area contributed by atoms with Crippen molar-refractivity contribution in [3.8, 4) is 0 Å². The Morgan fingerprint density at radius 3 is 2.43 bits per heavy atom. The molecule has 5 aliphatic rings. The van der Waals surface area contributed by atoms with Crippen molar-refractivity contribution in [2.45, 2.75) is 168 Å². The predicted molar refractivity (Wildman–Crippen MR) is 193 cm³/mol. The highest BCUT2D eigenvalue weighted by Gasteiger charge is 2.59. The Labute approximate surface area is 297 Å². The van der Waals surface area contributed by atoms with Crippen molar-refractivity contribution in [3.63, 3.8) is 0 Å². The average molecular weight is 705 g/mol. The van der Waals surface area contributed by atoms with Gasteiger partial charge in [-0.25, -0.2) is 0 Å². The maximum Gasteiger partial charge on any atom is 0.695 e. The lowest BCUT2D eigenvalue weighted by Crippen LogP contribution is -2.51. The summed E-state index contributed by atoms with van der Waals surface area (Å²) in [7, 11) is -2.73. The second-order valence-corrected chi connectivity index (χ2v) is 18.3. The first-order chi connectivity index (χ1) is 23.4. The minimum Gasteiger partial charge on any atom is -0.462 e. The highest BCUT2D eigenvalue weighted by Crippen LogP contribution is 2.67. The Balaban J connectivity index is 1.02. The number of esters is 1. The van der Waals surface area contributed by atoms with E-state index >= 15 is 0 Å². The van der Waals surface area contributed by atoms with Gasteiger partial charge in [0.1, 0.15) is 12.2 Å². The molecule has 5 rings (SSSR count). The third-order valence-electron chi connectivity index (χ3n) is 14.2. The summed E-state index contributed by atoms with van der Waals surface area (Å²) in [6.45, 7) is 12.5. The van der Waals surface area contributed by atoms with Gasteiger partial charge in [0.2, 0.25) is 5.91 Å². The molecular formula is C40H67NO7P+. The molecule has 4 unspecified atom stereocenters. The van der Waals surface area contributed by atoms with Gasteiger partial charge in [-0.15, -0.1) is 9.42 Å². The molecule has 0 radical (unpaired) electrons. The topological polar surface area (TPSA) is 113 Å². The van der Waals surface area contributed by atoms with Crippen molar-refractivity contribution in [1.82, 2.24) is 4.90 Å². The first-order valence-electron chi connectivity index (χ1n) is 20.0. The Kier molecular flexibility index (Phi) is 13.5. The Hall–Kier alpha value is -1.34. The van der Waals surface area contributed by atoms with Gasteiger partial charge in [0.15, 0.2) is 0 Å². The first-order valence-corrected chi connectivity index (χ1v) is 21.1. The molecule has 3 saturated carbocycles. The number of aliphatic hydroxyl groups is 1. The van der Waals surface area contributed by atoms with Crippen molar-refractivity contribution < 1.29 is 33.4 Å². The number of fused-ring (bicyclic) bond motifs is 5. The standard InChI is InChI=1S/C40H66NO7P/c1-27(2)11-10-12-28(3)34-17-18-35-33-16-15-29-23-31(19-21-39(29,4)36(33)20-22-40(34,35)5)47-38(44)14-9-7-6-8-13-37(43)41-25-32(48-49(45)46)24-30(41)26-42/h15,27-28,30-36,42H,6-14,16-26H2,1-5H3/p+1/t28-,30+,31+,32-,33?,34-,35?,36?,39+,40-/m1/s1. The SMILES string of the molecule is CC(C)CCC[C@@H](C)[C@H]1CCC2C3CC=C4C[C@@H](OC(=O)CCCCCCC(=O)N5C[C@H](O[P+](=O)O)C[C@H]5CO)CC[C@]4(C)C3CC[C@@]21C. The summed E-state index contributed by atoms with van der Waals surface area (Å²) in [5.41, 5.74) is 2.32. The van der Waals surface area contributed by atoms with Gasteiger partial charge in [-0.2, -0.15) is 0 Å². The summed E-state index contributed by atoms with van der Waals surface area (Å²) in [6, 6.07) is -0.373. The third kappa shape index (κ3) is 9.00. The molecule has 0 spiro atoms. The number of likely N-dealkylation sites (tertiary alicyclic amines) is 1. The molecule has 1 aliphatic heterocycles. The van der Waals surface area contributed by atoms with Crippen molar-refractivity contribution in [1.29, 1.82) is 0 Å². The summed E-state index contributed by atoms with van der Waals surface area (Å²) in [6.07, 6.45) is 20.3. The van der Waals surface area contributed by atoms with Crippen LogP contribution in [-0.2, 0) is 23.4 Å². The van der Waals surface area contributed by atoms with Crippen molar-refractivity contribution in [2.75, 3.05) is 13.2 Å². The Morgan fingerprint density at radius 2 is 1.71 bits per heavy atom. The third-order valence-corrected chi connectivity index (χ3v) is 14.7. The Morgan fingerprint density at radius 1 is 0.959 bits per heavy atom. The molecule has 11 atom stereocenters. The van der Waals surface area contributed by atoms with Crippen molar-refractivity contribution >= 4 is 20.1 Å². The number of hydrogen-bond donors (Lipinski definition) is 2. The van der Waals surface area contributed by atoms with Gasteiger partial charge >= 0.3 is 14.2 Å². The molecule has 8 nitrogen and oxygen atoms in total. The van der Waals surface area contributed by atoms with Crippen LogP contribution in [-0.4, -0.2) is 58.2 Å². The molecule has 0 aromatic rings. The molecule has 1 heterocycles. The number of allylic oxidation sites excluding steroid dienone is 1. The lowest BCUT2D eigenvalue weighted by atomic mass is 9.47. The molecule has 9 heteroatoms. The van der Waals surface area contributed by atoms with Crippen LogP contribution in [0.2, 0.25) is 0 Å². The lowest BCUT2D eigenvalue weighted by Gasteiger charge is -2.58. The maximum atomic E-state index is 12.8. The highest BCUT2D eigenvalue weighted by molar-refractivity contribution is 7.32. The second-order valence-electron chi connectivity index (χ2n) is 17.6. The van der Waals surface area contributed by atoms with Crippen LogP contribution in [0.3, 0.4) is 0 Å². The fourth-order valence-corrected chi connectivity index (χ4v) is 12.0. The number of aliphatic hydroxyl groups excluding tert-OH is 1.